The van der Waals surface area contributed by atoms with Crippen molar-refractivity contribution in [2.24, 2.45) is 0 Å². The predicted molar refractivity (Wildman–Crippen MR) is 48.9 cm³/mol. The van der Waals surface area contributed by atoms with Crippen LogP contribution in [0, 0.1) is 0 Å². The molecule has 0 amide bonds. The van der Waals surface area contributed by atoms with Crippen molar-refractivity contribution in [3.05, 3.63) is 23.3 Å². The lowest BCUT2D eigenvalue weighted by molar-refractivity contribution is -0.137. The van der Waals surface area contributed by atoms with E-state index in [0.29, 0.717) is 11.1 Å². The first kappa shape index (κ1) is 9.92. The molecule has 2 rings (SSSR count). The summed E-state index contributed by atoms with van der Waals surface area (Å²) in [6, 6.07) is 0. The van der Waals surface area contributed by atoms with Crippen molar-refractivity contribution in [1.29, 1.82) is 0 Å². The molecule has 0 aromatic carbocycles. The normalized spacial score (nSPS) is 27.1. The quantitative estimate of drug-likeness (QED) is 0.599. The zero-order chi connectivity index (χ0) is 11.0. The Hall–Kier alpha value is -1.62. The minimum Gasteiger partial charge on any atom is -0.466 e. The number of carbonyl (C=O) groups excluding carboxylic acids is 2. The van der Waals surface area contributed by atoms with Crippen LogP contribution in [0.3, 0.4) is 0 Å². The fraction of sp³-hybridized carbons (Fsp3) is 0.400. The Kier molecular flexibility index (Phi) is 2.32. The summed E-state index contributed by atoms with van der Waals surface area (Å²) >= 11 is 0. The van der Waals surface area contributed by atoms with Crippen molar-refractivity contribution in [2.75, 3.05) is 14.2 Å². The van der Waals surface area contributed by atoms with E-state index in [1.807, 2.05) is 0 Å². The van der Waals surface area contributed by atoms with E-state index < -0.39 is 24.1 Å². The van der Waals surface area contributed by atoms with Crippen LogP contribution < -0.4 is 0 Å². The molecule has 0 spiro atoms. The Morgan fingerprint density at radius 1 is 1.07 bits per heavy atom. The molecule has 2 heterocycles. The van der Waals surface area contributed by atoms with Crippen molar-refractivity contribution in [2.45, 2.75) is 12.2 Å². The van der Waals surface area contributed by atoms with E-state index >= 15 is 0 Å². The summed E-state index contributed by atoms with van der Waals surface area (Å²) in [6.07, 6.45) is 2.22. The number of rotatable bonds is 2. The Morgan fingerprint density at radius 3 is 1.73 bits per heavy atom. The number of ether oxygens (including phenoxy) is 3. The van der Waals surface area contributed by atoms with Crippen molar-refractivity contribution in [3.8, 4) is 0 Å². The zero-order valence-electron chi connectivity index (χ0n) is 8.35. The fourth-order valence-corrected chi connectivity index (χ4v) is 1.68. The lowest BCUT2D eigenvalue weighted by Gasteiger charge is -2.06. The van der Waals surface area contributed by atoms with Gasteiger partial charge in [-0.15, -0.1) is 0 Å². The largest absolute Gasteiger partial charge is 0.466 e. The molecule has 0 aliphatic carbocycles. The van der Waals surface area contributed by atoms with Crippen molar-refractivity contribution in [1.82, 2.24) is 0 Å². The van der Waals surface area contributed by atoms with Gasteiger partial charge in [-0.3, -0.25) is 0 Å². The first-order valence-corrected chi connectivity index (χ1v) is 4.43. The van der Waals surface area contributed by atoms with E-state index in [4.69, 9.17) is 4.74 Å². The molecule has 5 heteroatoms. The Morgan fingerprint density at radius 2 is 1.47 bits per heavy atom. The van der Waals surface area contributed by atoms with E-state index in [2.05, 4.69) is 9.47 Å². The van der Waals surface area contributed by atoms with Crippen molar-refractivity contribution in [3.63, 3.8) is 0 Å². The second-order valence-electron chi connectivity index (χ2n) is 3.20. The summed E-state index contributed by atoms with van der Waals surface area (Å²) in [6.45, 7) is 0. The molecule has 0 radical (unpaired) electrons. The van der Waals surface area contributed by atoms with Crippen LogP contribution in [0.1, 0.15) is 0 Å². The molecule has 80 valence electrons. The van der Waals surface area contributed by atoms with Crippen LogP contribution in [-0.2, 0) is 23.8 Å². The third-order valence-electron chi connectivity index (χ3n) is 2.41. The molecule has 2 atom stereocenters. The molecular weight excluding hydrogens is 200 g/mol. The third-order valence-corrected chi connectivity index (χ3v) is 2.41. The first-order chi connectivity index (χ1) is 7.17. The topological polar surface area (TPSA) is 61.8 Å². The molecule has 2 aliphatic rings. The van der Waals surface area contributed by atoms with Gasteiger partial charge in [0.1, 0.15) is 12.2 Å². The smallest absolute Gasteiger partial charge is 0.336 e. The van der Waals surface area contributed by atoms with Crippen LogP contribution in [0.15, 0.2) is 23.3 Å². The molecule has 15 heavy (non-hydrogen) atoms. The highest BCUT2D eigenvalue weighted by atomic mass is 16.5. The maximum Gasteiger partial charge on any atom is 0.336 e. The van der Waals surface area contributed by atoms with Gasteiger partial charge in [0.2, 0.25) is 0 Å². The van der Waals surface area contributed by atoms with Gasteiger partial charge in [-0.05, 0) is 12.2 Å². The van der Waals surface area contributed by atoms with Gasteiger partial charge < -0.3 is 14.2 Å². The molecule has 0 N–H and O–H groups in total. The van der Waals surface area contributed by atoms with E-state index in [9.17, 15) is 9.59 Å². The average molecular weight is 210 g/mol. The fourth-order valence-electron chi connectivity index (χ4n) is 1.68. The summed E-state index contributed by atoms with van der Waals surface area (Å²) in [5.74, 6) is -0.856. The van der Waals surface area contributed by atoms with Gasteiger partial charge in [0.25, 0.3) is 0 Å². The average Bonchev–Trinajstić information content (AvgIpc) is 2.85. The van der Waals surface area contributed by atoms with Gasteiger partial charge in [-0.25, -0.2) is 9.59 Å². The maximum absolute atomic E-state index is 11.2. The lowest BCUT2D eigenvalue weighted by atomic mass is 9.99. The van der Waals surface area contributed by atoms with Gasteiger partial charge in [0.05, 0.1) is 25.4 Å². The molecule has 0 aromatic rings. The predicted octanol–water partition coefficient (Wildman–Crippen LogP) is -0.0338. The third kappa shape index (κ3) is 1.45. The summed E-state index contributed by atoms with van der Waals surface area (Å²) in [4.78, 5) is 22.5. The van der Waals surface area contributed by atoms with Crippen LogP contribution in [0.4, 0.5) is 0 Å². The van der Waals surface area contributed by atoms with Crippen LogP contribution in [-0.4, -0.2) is 38.4 Å². The minimum atomic E-state index is -0.475. The number of esters is 2. The van der Waals surface area contributed by atoms with Crippen LogP contribution in [0.2, 0.25) is 0 Å². The molecule has 2 aliphatic heterocycles. The molecular formula is C10H10O5. The molecule has 5 nitrogen and oxygen atoms in total. The lowest BCUT2D eigenvalue weighted by Crippen LogP contribution is -2.16. The first-order valence-electron chi connectivity index (χ1n) is 4.43. The Balaban J connectivity index is 2.16. The van der Waals surface area contributed by atoms with Crippen LogP contribution >= 0.6 is 0 Å². The summed E-state index contributed by atoms with van der Waals surface area (Å²) in [5, 5.41) is 0. The summed E-state index contributed by atoms with van der Waals surface area (Å²) in [5.41, 5.74) is 0.880. The van der Waals surface area contributed by atoms with Gasteiger partial charge in [-0.1, -0.05) is 0 Å². The van der Waals surface area contributed by atoms with Crippen LogP contribution in [0.5, 0.6) is 0 Å². The second kappa shape index (κ2) is 3.51. The van der Waals surface area contributed by atoms with Crippen molar-refractivity contribution < 1.29 is 23.8 Å². The van der Waals surface area contributed by atoms with Gasteiger partial charge in [0, 0.05) is 0 Å². The molecule has 0 fully saturated rings. The van der Waals surface area contributed by atoms with Gasteiger partial charge in [-0.2, -0.15) is 0 Å². The zero-order valence-corrected chi connectivity index (χ0v) is 8.35. The SMILES string of the molecule is COC(=O)C1=CC2OC1C=C2C(=O)OC. The molecule has 0 saturated heterocycles. The minimum absolute atomic E-state index is 0.428. The number of fused-ring (bicyclic) bond motifs is 2. The molecule has 2 unspecified atom stereocenters. The Labute approximate surface area is 86.3 Å². The molecule has 0 aromatic heterocycles. The number of carbonyl (C=O) groups is 2. The van der Waals surface area contributed by atoms with E-state index in [1.165, 1.54) is 14.2 Å². The second-order valence-corrected chi connectivity index (χ2v) is 3.20. The van der Waals surface area contributed by atoms with Gasteiger partial charge >= 0.3 is 11.9 Å². The summed E-state index contributed by atoms with van der Waals surface area (Å²) < 4.78 is 14.5. The highest BCUT2D eigenvalue weighted by Gasteiger charge is 2.41. The monoisotopic (exact) mass is 210 g/mol. The Bertz CT molecular complexity index is 343. The van der Waals surface area contributed by atoms with E-state index in [0.717, 1.165) is 0 Å². The number of hydrogen-bond donors (Lipinski definition) is 0. The van der Waals surface area contributed by atoms with E-state index in [1.54, 1.807) is 12.2 Å². The highest BCUT2D eigenvalue weighted by molar-refractivity contribution is 5.96. The number of methoxy groups -OCH3 is 2. The number of hydrogen-bond acceptors (Lipinski definition) is 5. The van der Waals surface area contributed by atoms with Gasteiger partial charge in [0.15, 0.2) is 0 Å². The highest BCUT2D eigenvalue weighted by Crippen LogP contribution is 2.34. The van der Waals surface area contributed by atoms with Crippen molar-refractivity contribution >= 4 is 11.9 Å². The summed E-state index contributed by atoms with van der Waals surface area (Å²) in [7, 11) is 2.61. The van der Waals surface area contributed by atoms with Crippen LogP contribution in [0.25, 0.3) is 0 Å². The molecule has 2 bridgehead atoms. The van der Waals surface area contributed by atoms with E-state index in [-0.39, 0.29) is 0 Å². The standard InChI is InChI=1S/C10H10O5/c1-13-9(11)5-3-8-6(10(12)14-2)4-7(5)15-8/h3-4,7-8H,1-2H3. The maximum atomic E-state index is 11.2. The molecule has 0 saturated carbocycles.